The number of sulfone groups is 1. The molecule has 0 atom stereocenters. The highest BCUT2D eigenvalue weighted by Crippen LogP contribution is 2.30. The van der Waals surface area contributed by atoms with Crippen LogP contribution < -0.4 is 10.0 Å². The fourth-order valence-electron chi connectivity index (χ4n) is 3.49. The van der Waals surface area contributed by atoms with Crippen LogP contribution in [0.15, 0.2) is 63.2 Å². The second kappa shape index (κ2) is 8.73. The topological polar surface area (TPSA) is 92.3 Å². The van der Waals surface area contributed by atoms with Gasteiger partial charge in [-0.05, 0) is 62.2 Å². The standard InChI is InChI=1S/C20H26N2O4S2/c1-2-7-18-19(27(23,24)17-8-4-3-5-9-17)10-6-11-20(18)28(25,26)22-16-12-14-21-15-13-16/h3-6,8-11,16,21-22H,2,7,12-15H2,1H3. The summed E-state index contributed by atoms with van der Waals surface area (Å²) in [4.78, 5) is 0.284. The molecule has 0 radical (unpaired) electrons. The van der Waals surface area contributed by atoms with Crippen LogP contribution in [0.4, 0.5) is 0 Å². The van der Waals surface area contributed by atoms with E-state index in [-0.39, 0.29) is 20.7 Å². The predicted octanol–water partition coefficient (Wildman–Crippen LogP) is 2.50. The van der Waals surface area contributed by atoms with Crippen LogP contribution >= 0.6 is 0 Å². The first-order valence-corrected chi connectivity index (χ1v) is 12.5. The molecule has 8 heteroatoms. The summed E-state index contributed by atoms with van der Waals surface area (Å²) < 4.78 is 55.3. The van der Waals surface area contributed by atoms with Crippen LogP contribution in [-0.4, -0.2) is 36.0 Å². The number of piperidine rings is 1. The van der Waals surface area contributed by atoms with Crippen LogP contribution in [0.5, 0.6) is 0 Å². The number of rotatable bonds is 7. The summed E-state index contributed by atoms with van der Waals surface area (Å²) in [5.74, 6) is 0. The van der Waals surface area contributed by atoms with Crippen LogP contribution in [-0.2, 0) is 26.3 Å². The lowest BCUT2D eigenvalue weighted by molar-refractivity contribution is 0.427. The maximum absolute atomic E-state index is 13.2. The largest absolute Gasteiger partial charge is 0.317 e. The molecule has 6 nitrogen and oxygen atoms in total. The highest BCUT2D eigenvalue weighted by atomic mass is 32.2. The van der Waals surface area contributed by atoms with Crippen molar-refractivity contribution in [1.82, 2.24) is 10.0 Å². The van der Waals surface area contributed by atoms with E-state index >= 15 is 0 Å². The molecule has 2 aromatic carbocycles. The van der Waals surface area contributed by atoms with Crippen LogP contribution in [0.2, 0.25) is 0 Å². The van der Waals surface area contributed by atoms with Crippen LogP contribution in [0.1, 0.15) is 31.7 Å². The summed E-state index contributed by atoms with van der Waals surface area (Å²) in [7, 11) is -7.63. The third-order valence-electron chi connectivity index (χ3n) is 4.88. The molecule has 0 spiro atoms. The number of nitrogens with one attached hydrogen (secondary N) is 2. The minimum atomic E-state index is -3.82. The number of hydrogen-bond acceptors (Lipinski definition) is 5. The summed E-state index contributed by atoms with van der Waals surface area (Å²) in [6.45, 7) is 3.43. The van der Waals surface area contributed by atoms with E-state index in [1.54, 1.807) is 18.2 Å². The lowest BCUT2D eigenvalue weighted by Crippen LogP contribution is -2.42. The molecule has 0 unspecified atom stereocenters. The van der Waals surface area contributed by atoms with Gasteiger partial charge in [0.25, 0.3) is 0 Å². The molecule has 1 heterocycles. The summed E-state index contributed by atoms with van der Waals surface area (Å²) in [6.07, 6.45) is 2.43. The molecule has 3 rings (SSSR count). The molecule has 0 bridgehead atoms. The molecule has 1 saturated heterocycles. The van der Waals surface area contributed by atoms with Crippen molar-refractivity contribution in [3.8, 4) is 0 Å². The monoisotopic (exact) mass is 422 g/mol. The van der Waals surface area contributed by atoms with Gasteiger partial charge in [-0.2, -0.15) is 0 Å². The van der Waals surface area contributed by atoms with Gasteiger partial charge in [-0.1, -0.05) is 37.6 Å². The summed E-state index contributed by atoms with van der Waals surface area (Å²) >= 11 is 0. The van der Waals surface area contributed by atoms with Gasteiger partial charge in [0.05, 0.1) is 14.7 Å². The van der Waals surface area contributed by atoms with Crippen molar-refractivity contribution in [2.45, 2.75) is 53.3 Å². The Labute approximate surface area is 167 Å². The van der Waals surface area contributed by atoms with Crippen molar-refractivity contribution in [1.29, 1.82) is 0 Å². The fourth-order valence-corrected chi connectivity index (χ4v) is 6.72. The van der Waals surface area contributed by atoms with Gasteiger partial charge in [-0.3, -0.25) is 0 Å². The van der Waals surface area contributed by atoms with Gasteiger partial charge in [0, 0.05) is 6.04 Å². The molecule has 1 fully saturated rings. The Morgan fingerprint density at radius 1 is 0.929 bits per heavy atom. The second-order valence-corrected chi connectivity index (χ2v) is 10.5. The Morgan fingerprint density at radius 3 is 2.21 bits per heavy atom. The fraction of sp³-hybridized carbons (Fsp3) is 0.400. The molecule has 0 aliphatic carbocycles. The van der Waals surface area contributed by atoms with Gasteiger partial charge in [0.1, 0.15) is 0 Å². The van der Waals surface area contributed by atoms with E-state index in [1.165, 1.54) is 30.3 Å². The van der Waals surface area contributed by atoms with E-state index in [4.69, 9.17) is 0 Å². The van der Waals surface area contributed by atoms with Gasteiger partial charge in [-0.15, -0.1) is 0 Å². The normalized spacial score (nSPS) is 16.2. The maximum atomic E-state index is 13.2. The van der Waals surface area contributed by atoms with E-state index in [2.05, 4.69) is 10.0 Å². The third kappa shape index (κ3) is 4.46. The number of benzene rings is 2. The summed E-state index contributed by atoms with van der Waals surface area (Å²) in [6, 6.07) is 12.5. The molecule has 2 N–H and O–H groups in total. The quantitative estimate of drug-likeness (QED) is 0.715. The number of sulfonamides is 1. The SMILES string of the molecule is CCCc1c(S(=O)(=O)NC2CCNCC2)cccc1S(=O)(=O)c1ccccc1. The highest BCUT2D eigenvalue weighted by Gasteiger charge is 2.29. The van der Waals surface area contributed by atoms with E-state index in [0.29, 0.717) is 31.2 Å². The summed E-state index contributed by atoms with van der Waals surface area (Å²) in [5.41, 5.74) is 0.357. The molecule has 28 heavy (non-hydrogen) atoms. The smallest absolute Gasteiger partial charge is 0.241 e. The average Bonchev–Trinajstić information content (AvgIpc) is 2.69. The van der Waals surface area contributed by atoms with Gasteiger partial charge < -0.3 is 5.32 Å². The van der Waals surface area contributed by atoms with Gasteiger partial charge >= 0.3 is 0 Å². The predicted molar refractivity (Wildman–Crippen MR) is 109 cm³/mol. The highest BCUT2D eigenvalue weighted by molar-refractivity contribution is 7.92. The molecule has 1 aliphatic heterocycles. The van der Waals surface area contributed by atoms with Crippen LogP contribution in [0, 0.1) is 0 Å². The van der Waals surface area contributed by atoms with Crippen molar-refractivity contribution < 1.29 is 16.8 Å². The van der Waals surface area contributed by atoms with E-state index < -0.39 is 19.9 Å². The third-order valence-corrected chi connectivity index (χ3v) is 8.34. The Morgan fingerprint density at radius 2 is 1.57 bits per heavy atom. The lowest BCUT2D eigenvalue weighted by Gasteiger charge is -2.24. The van der Waals surface area contributed by atoms with Gasteiger partial charge in [-0.25, -0.2) is 21.6 Å². The first-order chi connectivity index (χ1) is 13.4. The Hall–Kier alpha value is -1.74. The Kier molecular flexibility index (Phi) is 6.54. The molecule has 152 valence electrons. The molecule has 0 saturated carbocycles. The molecule has 0 amide bonds. The minimum Gasteiger partial charge on any atom is -0.317 e. The Balaban J connectivity index is 2.07. The first kappa shape index (κ1) is 21.0. The van der Waals surface area contributed by atoms with Crippen molar-refractivity contribution >= 4 is 19.9 Å². The molecule has 1 aliphatic rings. The maximum Gasteiger partial charge on any atom is 0.241 e. The van der Waals surface area contributed by atoms with E-state index in [0.717, 1.165) is 13.1 Å². The van der Waals surface area contributed by atoms with Gasteiger partial charge in [0.2, 0.25) is 19.9 Å². The van der Waals surface area contributed by atoms with Crippen molar-refractivity contribution in [3.63, 3.8) is 0 Å². The van der Waals surface area contributed by atoms with Crippen molar-refractivity contribution in [2.75, 3.05) is 13.1 Å². The average molecular weight is 423 g/mol. The molecule has 2 aromatic rings. The molecular weight excluding hydrogens is 396 g/mol. The van der Waals surface area contributed by atoms with Crippen LogP contribution in [0.3, 0.4) is 0 Å². The summed E-state index contributed by atoms with van der Waals surface area (Å²) in [5, 5.41) is 3.20. The zero-order valence-corrected chi connectivity index (χ0v) is 17.5. The zero-order chi connectivity index (χ0) is 20.2. The van der Waals surface area contributed by atoms with Gasteiger partial charge in [0.15, 0.2) is 0 Å². The Bertz CT molecular complexity index is 1010. The van der Waals surface area contributed by atoms with Crippen molar-refractivity contribution in [3.05, 3.63) is 54.1 Å². The lowest BCUT2D eigenvalue weighted by atomic mass is 10.1. The van der Waals surface area contributed by atoms with E-state index in [9.17, 15) is 16.8 Å². The number of hydrogen-bond donors (Lipinski definition) is 2. The second-order valence-electron chi connectivity index (χ2n) is 6.94. The minimum absolute atomic E-state index is 0.0601. The van der Waals surface area contributed by atoms with Crippen LogP contribution in [0.25, 0.3) is 0 Å². The molecular formula is C20H26N2O4S2. The first-order valence-electron chi connectivity index (χ1n) is 9.51. The van der Waals surface area contributed by atoms with E-state index in [1.807, 2.05) is 6.92 Å². The zero-order valence-electron chi connectivity index (χ0n) is 15.9. The van der Waals surface area contributed by atoms with Crippen molar-refractivity contribution in [2.24, 2.45) is 0 Å². The molecule has 0 aromatic heterocycles.